The van der Waals surface area contributed by atoms with E-state index in [1.54, 1.807) is 0 Å². The average Bonchev–Trinajstić information content (AvgIpc) is 3.01. The molecule has 1 aromatic carbocycles. The molecule has 0 aromatic heterocycles. The highest BCUT2D eigenvalue weighted by atomic mass is 16.5. The van der Waals surface area contributed by atoms with Gasteiger partial charge in [0.2, 0.25) is 5.91 Å². The van der Waals surface area contributed by atoms with Crippen molar-refractivity contribution in [2.75, 3.05) is 26.3 Å². The minimum absolute atomic E-state index is 0.169. The number of benzene rings is 1. The number of carbonyl (C=O) groups is 1. The molecular weight excluding hydrogens is 276 g/mol. The van der Waals surface area contributed by atoms with Gasteiger partial charge < -0.3 is 15.0 Å². The van der Waals surface area contributed by atoms with E-state index in [2.05, 4.69) is 42.3 Å². The number of hydrogen-bond donors (Lipinski definition) is 1. The van der Waals surface area contributed by atoms with Crippen molar-refractivity contribution in [1.82, 2.24) is 10.2 Å². The Morgan fingerprint density at radius 1 is 1.36 bits per heavy atom. The van der Waals surface area contributed by atoms with Crippen LogP contribution >= 0.6 is 0 Å². The van der Waals surface area contributed by atoms with Crippen LogP contribution in [0, 0.1) is 13.8 Å². The lowest BCUT2D eigenvalue weighted by atomic mass is 9.99. The highest BCUT2D eigenvalue weighted by Gasteiger charge is 2.31. The summed E-state index contributed by atoms with van der Waals surface area (Å²) in [7, 11) is 0. The summed E-state index contributed by atoms with van der Waals surface area (Å²) in [6.07, 6.45) is 2.71. The standard InChI is InChI=1S/C18H26N2O2/c1-13-5-6-15(10-14(13)2)17-4-3-8-20(17)18(21)11-16-12-22-9-7-19-16/h5-6,10,16-17,19H,3-4,7-9,11-12H2,1-2H3. The lowest BCUT2D eigenvalue weighted by Crippen LogP contribution is -2.45. The monoisotopic (exact) mass is 302 g/mol. The molecule has 2 fully saturated rings. The molecule has 4 nitrogen and oxygen atoms in total. The van der Waals surface area contributed by atoms with Gasteiger partial charge in [-0.1, -0.05) is 18.2 Å². The molecule has 0 spiro atoms. The quantitative estimate of drug-likeness (QED) is 0.932. The van der Waals surface area contributed by atoms with E-state index in [4.69, 9.17) is 4.74 Å². The fourth-order valence-electron chi connectivity index (χ4n) is 3.46. The van der Waals surface area contributed by atoms with Crippen LogP contribution in [-0.4, -0.2) is 43.2 Å². The third kappa shape index (κ3) is 3.33. The van der Waals surface area contributed by atoms with Crippen LogP contribution < -0.4 is 5.32 Å². The van der Waals surface area contributed by atoms with Gasteiger partial charge >= 0.3 is 0 Å². The molecule has 2 heterocycles. The van der Waals surface area contributed by atoms with Crippen LogP contribution in [0.1, 0.15) is 42.0 Å². The SMILES string of the molecule is Cc1ccc(C2CCCN2C(=O)CC2COCCN2)cc1C. The van der Waals surface area contributed by atoms with Gasteiger partial charge in [0, 0.05) is 25.6 Å². The molecule has 1 aromatic rings. The number of ether oxygens (including phenoxy) is 1. The van der Waals surface area contributed by atoms with Crippen molar-refractivity contribution >= 4 is 5.91 Å². The molecule has 0 saturated carbocycles. The lowest BCUT2D eigenvalue weighted by Gasteiger charge is -2.29. The van der Waals surface area contributed by atoms with Crippen molar-refractivity contribution < 1.29 is 9.53 Å². The first-order valence-electron chi connectivity index (χ1n) is 8.33. The van der Waals surface area contributed by atoms with E-state index in [1.807, 2.05) is 0 Å². The van der Waals surface area contributed by atoms with E-state index < -0.39 is 0 Å². The summed E-state index contributed by atoms with van der Waals surface area (Å²) >= 11 is 0. The van der Waals surface area contributed by atoms with Crippen molar-refractivity contribution in [3.8, 4) is 0 Å². The molecule has 120 valence electrons. The van der Waals surface area contributed by atoms with Gasteiger partial charge in [-0.05, 0) is 43.4 Å². The number of amides is 1. The number of morpholine rings is 1. The number of rotatable bonds is 3. The van der Waals surface area contributed by atoms with Crippen molar-refractivity contribution in [3.63, 3.8) is 0 Å². The van der Waals surface area contributed by atoms with E-state index in [9.17, 15) is 4.79 Å². The van der Waals surface area contributed by atoms with Crippen molar-refractivity contribution in [2.45, 2.75) is 45.2 Å². The topological polar surface area (TPSA) is 41.6 Å². The third-order valence-electron chi connectivity index (χ3n) is 4.91. The first-order chi connectivity index (χ1) is 10.6. The molecule has 1 N–H and O–H groups in total. The minimum Gasteiger partial charge on any atom is -0.378 e. The third-order valence-corrected chi connectivity index (χ3v) is 4.91. The number of carbonyl (C=O) groups excluding carboxylic acids is 1. The molecule has 3 rings (SSSR count). The van der Waals surface area contributed by atoms with Gasteiger partial charge in [-0.25, -0.2) is 0 Å². The van der Waals surface area contributed by atoms with Crippen LogP contribution in [0.5, 0.6) is 0 Å². The summed E-state index contributed by atoms with van der Waals surface area (Å²) in [5, 5.41) is 3.37. The van der Waals surface area contributed by atoms with Gasteiger partial charge in [-0.3, -0.25) is 4.79 Å². The fraction of sp³-hybridized carbons (Fsp3) is 0.611. The summed E-state index contributed by atoms with van der Waals surface area (Å²) in [6.45, 7) is 7.39. The Kier molecular flexibility index (Phi) is 4.79. The number of likely N-dealkylation sites (tertiary alicyclic amines) is 1. The first-order valence-corrected chi connectivity index (χ1v) is 8.33. The highest BCUT2D eigenvalue weighted by molar-refractivity contribution is 5.77. The number of nitrogens with one attached hydrogen (secondary N) is 1. The predicted octanol–water partition coefficient (Wildman–Crippen LogP) is 2.35. The van der Waals surface area contributed by atoms with Crippen LogP contribution in [0.2, 0.25) is 0 Å². The second-order valence-corrected chi connectivity index (χ2v) is 6.52. The zero-order valence-electron chi connectivity index (χ0n) is 13.6. The smallest absolute Gasteiger partial charge is 0.224 e. The van der Waals surface area contributed by atoms with Crippen LogP contribution in [0.4, 0.5) is 0 Å². The Balaban J connectivity index is 1.69. The van der Waals surface area contributed by atoms with Crippen molar-refractivity contribution in [1.29, 1.82) is 0 Å². The van der Waals surface area contributed by atoms with E-state index >= 15 is 0 Å². The van der Waals surface area contributed by atoms with Gasteiger partial charge in [0.1, 0.15) is 0 Å². The van der Waals surface area contributed by atoms with E-state index in [-0.39, 0.29) is 18.0 Å². The number of hydrogen-bond acceptors (Lipinski definition) is 3. The molecule has 0 bridgehead atoms. The Morgan fingerprint density at radius 2 is 2.23 bits per heavy atom. The first kappa shape index (κ1) is 15.5. The van der Waals surface area contributed by atoms with Crippen molar-refractivity contribution in [3.05, 3.63) is 34.9 Å². The molecule has 0 aliphatic carbocycles. The molecular formula is C18H26N2O2. The predicted molar refractivity (Wildman–Crippen MR) is 86.8 cm³/mol. The Bertz CT molecular complexity index is 538. The summed E-state index contributed by atoms with van der Waals surface area (Å²) in [5.74, 6) is 0.253. The van der Waals surface area contributed by atoms with Gasteiger partial charge in [0.05, 0.1) is 19.3 Å². The van der Waals surface area contributed by atoms with E-state index in [0.29, 0.717) is 13.0 Å². The lowest BCUT2D eigenvalue weighted by molar-refractivity contribution is -0.133. The molecule has 0 radical (unpaired) electrons. The zero-order valence-corrected chi connectivity index (χ0v) is 13.6. The normalized spacial score (nSPS) is 25.5. The van der Waals surface area contributed by atoms with Crippen LogP contribution in [0.15, 0.2) is 18.2 Å². The average molecular weight is 302 g/mol. The summed E-state index contributed by atoms with van der Waals surface area (Å²) in [5.41, 5.74) is 3.89. The highest BCUT2D eigenvalue weighted by Crippen LogP contribution is 2.33. The Morgan fingerprint density at radius 3 is 2.95 bits per heavy atom. The molecule has 2 saturated heterocycles. The Hall–Kier alpha value is -1.39. The van der Waals surface area contributed by atoms with Crippen LogP contribution in [0.25, 0.3) is 0 Å². The van der Waals surface area contributed by atoms with E-state index in [1.165, 1.54) is 16.7 Å². The zero-order chi connectivity index (χ0) is 15.5. The van der Waals surface area contributed by atoms with Crippen LogP contribution in [0.3, 0.4) is 0 Å². The molecule has 4 heteroatoms. The summed E-state index contributed by atoms with van der Waals surface area (Å²) in [4.78, 5) is 14.7. The second-order valence-electron chi connectivity index (χ2n) is 6.52. The molecule has 2 aliphatic rings. The molecule has 2 atom stereocenters. The maximum Gasteiger partial charge on any atom is 0.224 e. The molecule has 1 amide bonds. The number of nitrogens with zero attached hydrogens (tertiary/aromatic N) is 1. The minimum atomic E-state index is 0.169. The van der Waals surface area contributed by atoms with E-state index in [0.717, 1.165) is 32.5 Å². The van der Waals surface area contributed by atoms with Gasteiger partial charge in [0.15, 0.2) is 0 Å². The fourth-order valence-corrected chi connectivity index (χ4v) is 3.46. The van der Waals surface area contributed by atoms with Crippen molar-refractivity contribution in [2.24, 2.45) is 0 Å². The van der Waals surface area contributed by atoms with Gasteiger partial charge in [0.25, 0.3) is 0 Å². The second kappa shape index (κ2) is 6.80. The van der Waals surface area contributed by atoms with Gasteiger partial charge in [-0.15, -0.1) is 0 Å². The summed E-state index contributed by atoms with van der Waals surface area (Å²) < 4.78 is 5.45. The van der Waals surface area contributed by atoms with Crippen LogP contribution in [-0.2, 0) is 9.53 Å². The number of aryl methyl sites for hydroxylation is 2. The molecule has 22 heavy (non-hydrogen) atoms. The Labute approximate surface area is 132 Å². The largest absolute Gasteiger partial charge is 0.378 e. The summed E-state index contributed by atoms with van der Waals surface area (Å²) in [6, 6.07) is 7.01. The van der Waals surface area contributed by atoms with Gasteiger partial charge in [-0.2, -0.15) is 0 Å². The molecule has 2 aliphatic heterocycles. The molecule has 2 unspecified atom stereocenters. The maximum atomic E-state index is 12.7. The maximum absolute atomic E-state index is 12.7.